The molecule has 0 bridgehead atoms. The van der Waals surface area contributed by atoms with Crippen LogP contribution in [0.1, 0.15) is 52.5 Å². The Morgan fingerprint density at radius 3 is 2.52 bits per heavy atom. The van der Waals surface area contributed by atoms with Gasteiger partial charge < -0.3 is 9.73 Å². The van der Waals surface area contributed by atoms with Crippen molar-refractivity contribution in [2.75, 3.05) is 19.6 Å². The number of amides is 1. The number of nitrogens with one attached hydrogen (secondary N) is 1. The fraction of sp³-hybridized carbons (Fsp3) is 0.360. The molecule has 31 heavy (non-hydrogen) atoms. The molecule has 0 unspecified atom stereocenters. The molecule has 1 aromatic heterocycles. The van der Waals surface area contributed by atoms with Gasteiger partial charge in [-0.2, -0.15) is 0 Å². The number of aryl methyl sites for hydroxylation is 2. The second-order valence-electron chi connectivity index (χ2n) is 8.30. The monoisotopic (exact) mass is 438 g/mol. The van der Waals surface area contributed by atoms with Gasteiger partial charge in [0.15, 0.2) is 11.2 Å². The van der Waals surface area contributed by atoms with Crippen LogP contribution in [0.15, 0.2) is 51.7 Å². The SMILES string of the molecule is Cc1cc(C)c2c(=O)cc(C(=O)NC[C@@H](c3ccc(Cl)cc3)N3CCCCC3)oc2c1. The third kappa shape index (κ3) is 4.83. The fourth-order valence-corrected chi connectivity index (χ4v) is 4.55. The van der Waals surface area contributed by atoms with E-state index in [-0.39, 0.29) is 23.1 Å². The summed E-state index contributed by atoms with van der Waals surface area (Å²) in [4.78, 5) is 27.9. The minimum atomic E-state index is -0.380. The van der Waals surface area contributed by atoms with Crippen molar-refractivity contribution in [3.8, 4) is 0 Å². The highest BCUT2D eigenvalue weighted by Gasteiger charge is 2.24. The summed E-state index contributed by atoms with van der Waals surface area (Å²) in [5.74, 6) is -0.342. The first kappa shape index (κ1) is 21.6. The average Bonchev–Trinajstić information content (AvgIpc) is 2.75. The largest absolute Gasteiger partial charge is 0.451 e. The van der Waals surface area contributed by atoms with Crippen LogP contribution in [-0.4, -0.2) is 30.4 Å². The smallest absolute Gasteiger partial charge is 0.287 e. The summed E-state index contributed by atoms with van der Waals surface area (Å²) in [7, 11) is 0. The quantitative estimate of drug-likeness (QED) is 0.607. The number of rotatable bonds is 5. The molecule has 2 heterocycles. The van der Waals surface area contributed by atoms with Gasteiger partial charge in [-0.25, -0.2) is 0 Å². The van der Waals surface area contributed by atoms with E-state index >= 15 is 0 Å². The summed E-state index contributed by atoms with van der Waals surface area (Å²) in [5.41, 5.74) is 3.19. The lowest BCUT2D eigenvalue weighted by Crippen LogP contribution is -2.40. The Bertz CT molecular complexity index is 1150. The van der Waals surface area contributed by atoms with Crippen molar-refractivity contribution in [1.82, 2.24) is 10.2 Å². The number of carbonyl (C=O) groups excluding carboxylic acids is 1. The first-order valence-electron chi connectivity index (χ1n) is 10.8. The molecule has 2 aromatic carbocycles. The van der Waals surface area contributed by atoms with Crippen LogP contribution in [-0.2, 0) is 0 Å². The zero-order valence-corrected chi connectivity index (χ0v) is 18.7. The lowest BCUT2D eigenvalue weighted by atomic mass is 10.0. The predicted octanol–water partition coefficient (Wildman–Crippen LogP) is 5.02. The van der Waals surface area contributed by atoms with Gasteiger partial charge in [-0.15, -0.1) is 0 Å². The van der Waals surface area contributed by atoms with Crippen molar-refractivity contribution in [2.24, 2.45) is 0 Å². The maximum atomic E-state index is 12.9. The lowest BCUT2D eigenvalue weighted by molar-refractivity contribution is 0.0897. The molecule has 0 saturated carbocycles. The van der Waals surface area contributed by atoms with Gasteiger partial charge in [0.1, 0.15) is 5.58 Å². The minimum Gasteiger partial charge on any atom is -0.451 e. The number of hydrogen-bond donors (Lipinski definition) is 1. The first-order valence-corrected chi connectivity index (χ1v) is 11.1. The molecule has 1 amide bonds. The van der Waals surface area contributed by atoms with Gasteiger partial charge in [0, 0.05) is 17.6 Å². The normalized spacial score (nSPS) is 15.7. The van der Waals surface area contributed by atoms with E-state index in [2.05, 4.69) is 10.2 Å². The minimum absolute atomic E-state index is 0.0380. The Hall–Kier alpha value is -2.63. The molecular formula is C25H27ClN2O3. The second kappa shape index (κ2) is 9.25. The molecule has 162 valence electrons. The summed E-state index contributed by atoms with van der Waals surface area (Å²) >= 11 is 6.07. The number of likely N-dealkylation sites (tertiary alicyclic amines) is 1. The molecule has 1 aliphatic heterocycles. The summed E-state index contributed by atoms with van der Waals surface area (Å²) in [6.45, 7) is 6.23. The van der Waals surface area contributed by atoms with E-state index in [1.165, 1.54) is 12.5 Å². The maximum Gasteiger partial charge on any atom is 0.287 e. The first-order chi connectivity index (χ1) is 14.9. The average molecular weight is 439 g/mol. The maximum absolute atomic E-state index is 12.9. The number of piperidine rings is 1. The number of carbonyl (C=O) groups is 1. The number of hydrogen-bond acceptors (Lipinski definition) is 4. The Morgan fingerprint density at radius 2 is 1.81 bits per heavy atom. The third-order valence-corrected chi connectivity index (χ3v) is 6.19. The Morgan fingerprint density at radius 1 is 1.10 bits per heavy atom. The molecule has 1 saturated heterocycles. The van der Waals surface area contributed by atoms with E-state index in [9.17, 15) is 9.59 Å². The standard InChI is InChI=1S/C25H27ClN2O3/c1-16-12-17(2)24-21(29)14-23(31-22(24)13-16)25(30)27-15-20(28-10-4-3-5-11-28)18-6-8-19(26)9-7-18/h6-9,12-14,20H,3-5,10-11,15H2,1-2H3,(H,27,30)/t20-/m0/s1. The van der Waals surface area contributed by atoms with E-state index in [1.807, 2.05) is 44.2 Å². The van der Waals surface area contributed by atoms with Crippen LogP contribution in [0.4, 0.5) is 0 Å². The van der Waals surface area contributed by atoms with Crippen LogP contribution in [0.2, 0.25) is 5.02 Å². The molecular weight excluding hydrogens is 412 g/mol. The molecule has 1 N–H and O–H groups in total. The predicted molar refractivity (Wildman–Crippen MR) is 124 cm³/mol. The van der Waals surface area contributed by atoms with E-state index < -0.39 is 0 Å². The molecule has 5 nitrogen and oxygen atoms in total. The summed E-state index contributed by atoms with van der Waals surface area (Å²) < 4.78 is 5.82. The van der Waals surface area contributed by atoms with E-state index in [4.69, 9.17) is 16.0 Å². The van der Waals surface area contributed by atoms with E-state index in [0.717, 1.165) is 42.6 Å². The van der Waals surface area contributed by atoms with Crippen molar-refractivity contribution in [3.63, 3.8) is 0 Å². The number of halogens is 1. The van der Waals surface area contributed by atoms with Gasteiger partial charge in [0.05, 0.1) is 11.4 Å². The van der Waals surface area contributed by atoms with Crippen molar-refractivity contribution in [1.29, 1.82) is 0 Å². The Balaban J connectivity index is 1.57. The molecule has 4 rings (SSSR count). The highest BCUT2D eigenvalue weighted by molar-refractivity contribution is 6.30. The van der Waals surface area contributed by atoms with Crippen LogP contribution in [0.25, 0.3) is 11.0 Å². The summed E-state index contributed by atoms with van der Waals surface area (Å²) in [6.07, 6.45) is 3.53. The molecule has 0 spiro atoms. The van der Waals surface area contributed by atoms with Crippen molar-refractivity contribution < 1.29 is 9.21 Å². The highest BCUT2D eigenvalue weighted by atomic mass is 35.5. The van der Waals surface area contributed by atoms with Crippen molar-refractivity contribution in [3.05, 3.63) is 80.2 Å². The molecule has 1 atom stereocenters. The summed E-state index contributed by atoms with van der Waals surface area (Å²) in [6, 6.07) is 12.8. The lowest BCUT2D eigenvalue weighted by Gasteiger charge is -2.35. The van der Waals surface area contributed by atoms with Gasteiger partial charge in [0.2, 0.25) is 0 Å². The zero-order chi connectivity index (χ0) is 22.0. The number of nitrogens with zero attached hydrogens (tertiary/aromatic N) is 1. The van der Waals surface area contributed by atoms with Gasteiger partial charge in [-0.05, 0) is 74.7 Å². The highest BCUT2D eigenvalue weighted by Crippen LogP contribution is 2.26. The van der Waals surface area contributed by atoms with Gasteiger partial charge >= 0.3 is 0 Å². The summed E-state index contributed by atoms with van der Waals surface area (Å²) in [5, 5.41) is 4.20. The Labute approximate surface area is 187 Å². The number of fused-ring (bicyclic) bond motifs is 1. The second-order valence-corrected chi connectivity index (χ2v) is 8.74. The fourth-order valence-electron chi connectivity index (χ4n) is 4.43. The van der Waals surface area contributed by atoms with E-state index in [1.54, 1.807) is 6.07 Å². The molecule has 1 fully saturated rings. The molecule has 1 aliphatic rings. The molecule has 0 aliphatic carbocycles. The van der Waals surface area contributed by atoms with Crippen LogP contribution in [0, 0.1) is 13.8 Å². The van der Waals surface area contributed by atoms with Crippen LogP contribution >= 0.6 is 11.6 Å². The van der Waals surface area contributed by atoms with Crippen molar-refractivity contribution in [2.45, 2.75) is 39.2 Å². The van der Waals surface area contributed by atoms with Gasteiger partial charge in [0.25, 0.3) is 5.91 Å². The number of benzene rings is 2. The van der Waals surface area contributed by atoms with Crippen LogP contribution in [0.5, 0.6) is 0 Å². The third-order valence-electron chi connectivity index (χ3n) is 5.94. The van der Waals surface area contributed by atoms with Crippen LogP contribution < -0.4 is 10.7 Å². The van der Waals surface area contributed by atoms with Gasteiger partial charge in [-0.1, -0.05) is 36.2 Å². The Kier molecular flexibility index (Phi) is 6.44. The molecule has 3 aromatic rings. The topological polar surface area (TPSA) is 62.6 Å². The van der Waals surface area contributed by atoms with Crippen molar-refractivity contribution >= 4 is 28.5 Å². The van der Waals surface area contributed by atoms with Crippen LogP contribution in [0.3, 0.4) is 0 Å². The molecule has 0 radical (unpaired) electrons. The zero-order valence-electron chi connectivity index (χ0n) is 17.9. The van der Waals surface area contributed by atoms with Gasteiger partial charge in [-0.3, -0.25) is 14.5 Å². The van der Waals surface area contributed by atoms with E-state index in [0.29, 0.717) is 22.5 Å². The molecule has 6 heteroatoms.